The summed E-state index contributed by atoms with van der Waals surface area (Å²) in [6.45, 7) is 3.40. The number of amides is 2. The van der Waals surface area contributed by atoms with E-state index in [0.717, 1.165) is 24.2 Å². The molecule has 3 rings (SSSR count). The smallest absolute Gasteiger partial charge is 0.234 e. The van der Waals surface area contributed by atoms with Gasteiger partial charge in [-0.15, -0.1) is 0 Å². The molecule has 0 radical (unpaired) electrons. The summed E-state index contributed by atoms with van der Waals surface area (Å²) in [6, 6.07) is -1.12. The molecule has 2 aliphatic carbocycles. The summed E-state index contributed by atoms with van der Waals surface area (Å²) >= 11 is 0. The second-order valence-corrected chi connectivity index (χ2v) is 6.44. The van der Waals surface area contributed by atoms with Crippen LogP contribution in [0.2, 0.25) is 0 Å². The molecule has 3 aliphatic rings. The van der Waals surface area contributed by atoms with Gasteiger partial charge in [0.05, 0.1) is 23.8 Å². The van der Waals surface area contributed by atoms with Crippen molar-refractivity contribution in [3.63, 3.8) is 0 Å². The number of rotatable bonds is 3. The van der Waals surface area contributed by atoms with Gasteiger partial charge in [-0.3, -0.25) is 14.5 Å². The molecule has 5 atom stereocenters. The van der Waals surface area contributed by atoms with E-state index in [2.05, 4.69) is 0 Å². The zero-order chi connectivity index (χ0) is 13.9. The minimum Gasteiger partial charge on any atom is -0.548 e. The Bertz CT molecular complexity index is 430. The van der Waals surface area contributed by atoms with Gasteiger partial charge in [0.25, 0.3) is 0 Å². The Kier molecular flexibility index (Phi) is 2.69. The van der Waals surface area contributed by atoms with E-state index in [9.17, 15) is 19.5 Å². The van der Waals surface area contributed by atoms with Gasteiger partial charge in [0.15, 0.2) is 0 Å². The molecule has 1 aliphatic heterocycles. The third-order valence-corrected chi connectivity index (χ3v) is 5.11. The highest BCUT2D eigenvalue weighted by atomic mass is 16.4. The Morgan fingerprint density at radius 3 is 2.00 bits per heavy atom. The van der Waals surface area contributed by atoms with Crippen LogP contribution in [0.1, 0.15) is 33.1 Å². The second-order valence-electron chi connectivity index (χ2n) is 6.44. The van der Waals surface area contributed by atoms with Gasteiger partial charge in [-0.05, 0) is 37.0 Å². The van der Waals surface area contributed by atoms with E-state index in [-0.39, 0.29) is 41.4 Å². The molecular formula is C14H18NO4-. The van der Waals surface area contributed by atoms with Gasteiger partial charge in [-0.2, -0.15) is 0 Å². The van der Waals surface area contributed by atoms with Crippen LogP contribution < -0.4 is 5.11 Å². The highest BCUT2D eigenvalue weighted by Gasteiger charge is 2.62. The van der Waals surface area contributed by atoms with Crippen molar-refractivity contribution in [2.45, 2.75) is 39.2 Å². The van der Waals surface area contributed by atoms with E-state index in [4.69, 9.17) is 0 Å². The summed E-state index contributed by atoms with van der Waals surface area (Å²) in [4.78, 5) is 37.2. The maximum Gasteiger partial charge on any atom is 0.234 e. The average molecular weight is 264 g/mol. The standard InChI is InChI=1S/C14H19NO4/c1-6(2)11(14(18)19)15-12(16)9-7-3-4-8(5-7)10(9)13(15)17/h6-11H,3-5H2,1-2H3,(H,18,19)/p-1/t7-,8+,9+,10-,11-/m0/s1. The van der Waals surface area contributed by atoms with E-state index in [1.54, 1.807) is 13.8 Å². The van der Waals surface area contributed by atoms with Crippen molar-refractivity contribution in [2.24, 2.45) is 29.6 Å². The van der Waals surface area contributed by atoms with E-state index < -0.39 is 12.0 Å². The van der Waals surface area contributed by atoms with Crippen molar-refractivity contribution in [1.29, 1.82) is 0 Å². The number of imide groups is 1. The highest BCUT2D eigenvalue weighted by molar-refractivity contribution is 6.08. The molecule has 2 bridgehead atoms. The highest BCUT2D eigenvalue weighted by Crippen LogP contribution is 2.56. The first-order valence-corrected chi connectivity index (χ1v) is 7.01. The minimum atomic E-state index is -1.33. The monoisotopic (exact) mass is 264 g/mol. The molecule has 2 saturated carbocycles. The molecule has 1 heterocycles. The summed E-state index contributed by atoms with van der Waals surface area (Å²) < 4.78 is 0. The summed E-state index contributed by atoms with van der Waals surface area (Å²) in [7, 11) is 0. The molecule has 1 saturated heterocycles. The van der Waals surface area contributed by atoms with Crippen LogP contribution >= 0.6 is 0 Å². The number of aliphatic carboxylic acids is 1. The molecule has 0 aromatic carbocycles. The summed E-state index contributed by atoms with van der Waals surface area (Å²) in [5, 5.41) is 11.3. The predicted octanol–water partition coefficient (Wildman–Crippen LogP) is -0.208. The van der Waals surface area contributed by atoms with Crippen molar-refractivity contribution in [3.8, 4) is 0 Å². The largest absolute Gasteiger partial charge is 0.548 e. The number of carboxylic acids is 1. The first-order chi connectivity index (χ1) is 8.93. The Labute approximate surface area is 112 Å². The molecule has 5 heteroatoms. The van der Waals surface area contributed by atoms with Crippen LogP contribution in [-0.2, 0) is 14.4 Å². The third kappa shape index (κ3) is 1.56. The topological polar surface area (TPSA) is 77.5 Å². The third-order valence-electron chi connectivity index (χ3n) is 5.11. The van der Waals surface area contributed by atoms with E-state index >= 15 is 0 Å². The van der Waals surface area contributed by atoms with E-state index in [1.165, 1.54) is 0 Å². The number of hydrogen-bond donors (Lipinski definition) is 0. The summed E-state index contributed by atoms with van der Waals surface area (Å²) in [5.41, 5.74) is 0. The first-order valence-electron chi connectivity index (χ1n) is 7.01. The van der Waals surface area contributed by atoms with Crippen LogP contribution in [0.4, 0.5) is 0 Å². The van der Waals surface area contributed by atoms with Gasteiger partial charge >= 0.3 is 0 Å². The van der Waals surface area contributed by atoms with Crippen molar-refractivity contribution < 1.29 is 19.5 Å². The van der Waals surface area contributed by atoms with Crippen molar-refractivity contribution >= 4 is 17.8 Å². The Balaban J connectivity index is 1.94. The van der Waals surface area contributed by atoms with Gasteiger partial charge in [-0.25, -0.2) is 0 Å². The van der Waals surface area contributed by atoms with Crippen LogP contribution in [0.25, 0.3) is 0 Å². The fourth-order valence-corrected chi connectivity index (χ4v) is 4.38. The number of nitrogens with zero attached hydrogens (tertiary/aromatic N) is 1. The van der Waals surface area contributed by atoms with Crippen molar-refractivity contribution in [1.82, 2.24) is 4.90 Å². The molecule has 19 heavy (non-hydrogen) atoms. The maximum absolute atomic E-state index is 12.5. The van der Waals surface area contributed by atoms with E-state index in [0.29, 0.717) is 0 Å². The Morgan fingerprint density at radius 2 is 1.63 bits per heavy atom. The van der Waals surface area contributed by atoms with Gasteiger partial charge in [0.2, 0.25) is 11.8 Å². The number of carbonyl (C=O) groups excluding carboxylic acids is 3. The van der Waals surface area contributed by atoms with Crippen LogP contribution in [0.15, 0.2) is 0 Å². The van der Waals surface area contributed by atoms with Gasteiger partial charge in [-0.1, -0.05) is 13.8 Å². The molecule has 2 amide bonds. The zero-order valence-corrected chi connectivity index (χ0v) is 11.2. The maximum atomic E-state index is 12.5. The molecule has 3 fully saturated rings. The number of hydrogen-bond acceptors (Lipinski definition) is 4. The molecule has 0 spiro atoms. The molecular weight excluding hydrogens is 246 g/mol. The minimum absolute atomic E-state index is 0.258. The Morgan fingerprint density at radius 1 is 1.16 bits per heavy atom. The number of carboxylic acid groups (broad SMARTS) is 1. The van der Waals surface area contributed by atoms with Gasteiger partial charge in [0.1, 0.15) is 0 Å². The zero-order valence-electron chi connectivity index (χ0n) is 11.2. The summed E-state index contributed by atoms with van der Waals surface area (Å²) in [5.74, 6) is -2.15. The molecule has 5 nitrogen and oxygen atoms in total. The van der Waals surface area contributed by atoms with Crippen LogP contribution in [0.3, 0.4) is 0 Å². The first kappa shape index (κ1) is 12.6. The fraction of sp³-hybridized carbons (Fsp3) is 0.786. The van der Waals surface area contributed by atoms with Crippen molar-refractivity contribution in [3.05, 3.63) is 0 Å². The SMILES string of the molecule is CC(C)[C@@H](C(=O)[O-])N1C(=O)[C@@H]2[C@H]3CC[C@H](C3)[C@@H]2C1=O. The predicted molar refractivity (Wildman–Crippen MR) is 63.3 cm³/mol. The van der Waals surface area contributed by atoms with Crippen LogP contribution in [-0.4, -0.2) is 28.7 Å². The number of carbonyl (C=O) groups is 3. The lowest BCUT2D eigenvalue weighted by molar-refractivity contribution is -0.312. The summed E-state index contributed by atoms with van der Waals surface area (Å²) in [6.07, 6.45) is 2.95. The molecule has 0 N–H and O–H groups in total. The number of fused-ring (bicyclic) bond motifs is 5. The molecule has 0 aromatic heterocycles. The van der Waals surface area contributed by atoms with Crippen LogP contribution in [0.5, 0.6) is 0 Å². The average Bonchev–Trinajstić information content (AvgIpc) is 2.97. The Hall–Kier alpha value is -1.39. The molecule has 104 valence electrons. The normalized spacial score (nSPS) is 38.2. The van der Waals surface area contributed by atoms with Gasteiger partial charge < -0.3 is 9.90 Å². The molecule has 0 unspecified atom stereocenters. The fourth-order valence-electron chi connectivity index (χ4n) is 4.38. The lowest BCUT2D eigenvalue weighted by atomic mass is 9.81. The number of likely N-dealkylation sites (tertiary alicyclic amines) is 1. The second kappa shape index (κ2) is 4.05. The van der Waals surface area contributed by atoms with Crippen LogP contribution in [0, 0.1) is 29.6 Å². The van der Waals surface area contributed by atoms with Gasteiger partial charge in [0, 0.05) is 0 Å². The lowest BCUT2D eigenvalue weighted by Gasteiger charge is -2.31. The van der Waals surface area contributed by atoms with Crippen molar-refractivity contribution in [2.75, 3.05) is 0 Å². The lowest BCUT2D eigenvalue weighted by Crippen LogP contribution is -2.54. The van der Waals surface area contributed by atoms with E-state index in [1.807, 2.05) is 0 Å². The molecule has 0 aromatic rings. The quantitative estimate of drug-likeness (QED) is 0.661.